The standard InChI is InChI=1S/C24H27N3O3S/c1-4-14-27-22-13-12-19(31(29,30)26(2)3)15-18(22)16-23(27)24(28)25-21-11-7-9-17-8-5-6-10-20(17)21/h4-6,8,10,12-13,15-16,21H,1,7,9,11,14H2,2-3H3,(H,25,28)/t21-/m1/s1. The van der Waals surface area contributed by atoms with Crippen LogP contribution in [0.1, 0.15) is 40.5 Å². The molecule has 0 aliphatic heterocycles. The fraction of sp³-hybridized carbons (Fsp3) is 0.292. The van der Waals surface area contributed by atoms with Gasteiger partial charge in [0, 0.05) is 31.5 Å². The van der Waals surface area contributed by atoms with Crippen LogP contribution >= 0.6 is 0 Å². The Morgan fingerprint density at radius 2 is 2.00 bits per heavy atom. The van der Waals surface area contributed by atoms with Crippen molar-refractivity contribution in [3.63, 3.8) is 0 Å². The number of nitrogens with zero attached hydrogens (tertiary/aromatic N) is 2. The summed E-state index contributed by atoms with van der Waals surface area (Å²) in [4.78, 5) is 13.5. The second-order valence-electron chi connectivity index (χ2n) is 8.05. The van der Waals surface area contributed by atoms with Gasteiger partial charge in [0.1, 0.15) is 5.69 Å². The van der Waals surface area contributed by atoms with Crippen LogP contribution in [0.25, 0.3) is 10.9 Å². The van der Waals surface area contributed by atoms with E-state index in [9.17, 15) is 13.2 Å². The number of carbonyl (C=O) groups is 1. The summed E-state index contributed by atoms with van der Waals surface area (Å²) < 4.78 is 28.1. The van der Waals surface area contributed by atoms with Gasteiger partial charge in [0.15, 0.2) is 0 Å². The average Bonchev–Trinajstić information content (AvgIpc) is 3.12. The Morgan fingerprint density at radius 1 is 1.23 bits per heavy atom. The zero-order chi connectivity index (χ0) is 22.2. The number of aryl methyl sites for hydroxylation is 1. The van der Waals surface area contributed by atoms with Gasteiger partial charge < -0.3 is 9.88 Å². The first-order valence-corrected chi connectivity index (χ1v) is 11.8. The molecule has 31 heavy (non-hydrogen) atoms. The summed E-state index contributed by atoms with van der Waals surface area (Å²) in [6, 6.07) is 14.9. The summed E-state index contributed by atoms with van der Waals surface area (Å²) in [6.07, 6.45) is 4.69. The molecule has 1 aliphatic carbocycles. The van der Waals surface area contributed by atoms with E-state index >= 15 is 0 Å². The maximum atomic E-state index is 13.3. The second kappa shape index (κ2) is 8.32. The van der Waals surface area contributed by atoms with E-state index < -0.39 is 10.0 Å². The van der Waals surface area contributed by atoms with Crippen LogP contribution < -0.4 is 5.32 Å². The molecule has 2 aromatic carbocycles. The number of allylic oxidation sites excluding steroid dienone is 1. The van der Waals surface area contributed by atoms with Crippen LogP contribution in [0.5, 0.6) is 0 Å². The largest absolute Gasteiger partial charge is 0.344 e. The molecule has 0 spiro atoms. The molecule has 0 saturated heterocycles. The molecule has 1 aromatic heterocycles. The Hall–Kier alpha value is -2.90. The van der Waals surface area contributed by atoms with Gasteiger partial charge in [-0.3, -0.25) is 4.79 Å². The minimum absolute atomic E-state index is 0.0303. The molecule has 1 heterocycles. The molecule has 7 heteroatoms. The van der Waals surface area contributed by atoms with Crippen molar-refractivity contribution in [1.29, 1.82) is 0 Å². The number of carbonyl (C=O) groups excluding carboxylic acids is 1. The van der Waals surface area contributed by atoms with Crippen molar-refractivity contribution in [3.05, 3.63) is 78.0 Å². The molecular weight excluding hydrogens is 410 g/mol. The number of rotatable bonds is 6. The van der Waals surface area contributed by atoms with Gasteiger partial charge in [0.2, 0.25) is 10.0 Å². The predicted octanol–water partition coefficient (Wildman–Crippen LogP) is 3.89. The minimum Gasteiger partial charge on any atom is -0.344 e. The number of aromatic nitrogens is 1. The molecule has 0 radical (unpaired) electrons. The number of hydrogen-bond acceptors (Lipinski definition) is 3. The lowest BCUT2D eigenvalue weighted by molar-refractivity contribution is 0.0924. The van der Waals surface area contributed by atoms with E-state index in [2.05, 4.69) is 24.0 Å². The third-order valence-electron chi connectivity index (χ3n) is 5.87. The quantitative estimate of drug-likeness (QED) is 0.595. The second-order valence-corrected chi connectivity index (χ2v) is 10.2. The molecule has 1 amide bonds. The van der Waals surface area contributed by atoms with E-state index in [4.69, 9.17) is 0 Å². The molecule has 1 N–H and O–H groups in total. The molecule has 6 nitrogen and oxygen atoms in total. The summed E-state index contributed by atoms with van der Waals surface area (Å²) in [5, 5.41) is 3.90. The highest BCUT2D eigenvalue weighted by atomic mass is 32.2. The lowest BCUT2D eigenvalue weighted by Gasteiger charge is -2.26. The minimum atomic E-state index is -3.56. The van der Waals surface area contributed by atoms with E-state index in [1.54, 1.807) is 30.3 Å². The molecule has 0 saturated carbocycles. The van der Waals surface area contributed by atoms with E-state index in [0.717, 1.165) is 24.8 Å². The fourth-order valence-electron chi connectivity index (χ4n) is 4.27. The Morgan fingerprint density at radius 3 is 2.74 bits per heavy atom. The van der Waals surface area contributed by atoms with Crippen LogP contribution in [0.3, 0.4) is 0 Å². The van der Waals surface area contributed by atoms with Gasteiger partial charge in [0.25, 0.3) is 5.91 Å². The van der Waals surface area contributed by atoms with Gasteiger partial charge in [-0.25, -0.2) is 12.7 Å². The van der Waals surface area contributed by atoms with Crippen LogP contribution in [0.15, 0.2) is 66.1 Å². The van der Waals surface area contributed by atoms with Crippen LogP contribution in [-0.4, -0.2) is 37.3 Å². The topological polar surface area (TPSA) is 71.4 Å². The monoisotopic (exact) mass is 437 g/mol. The number of benzene rings is 2. The van der Waals surface area contributed by atoms with Crippen LogP contribution in [0, 0.1) is 0 Å². The third kappa shape index (κ3) is 3.91. The highest BCUT2D eigenvalue weighted by Crippen LogP contribution is 2.30. The Bertz CT molecular complexity index is 1260. The van der Waals surface area contributed by atoms with Crippen LogP contribution in [-0.2, 0) is 23.0 Å². The summed E-state index contributed by atoms with van der Waals surface area (Å²) in [6.45, 7) is 4.26. The lowest BCUT2D eigenvalue weighted by atomic mass is 9.87. The van der Waals surface area contributed by atoms with Crippen molar-refractivity contribution in [2.24, 2.45) is 0 Å². The van der Waals surface area contributed by atoms with Crippen molar-refractivity contribution in [1.82, 2.24) is 14.2 Å². The summed E-state index contributed by atoms with van der Waals surface area (Å²) in [5.41, 5.74) is 3.75. The SMILES string of the molecule is C=CCn1c(C(=O)N[C@@H]2CCCc3ccccc32)cc2cc(S(=O)(=O)N(C)C)ccc21. The normalized spacial score (nSPS) is 16.3. The first-order chi connectivity index (χ1) is 14.8. The molecule has 1 aliphatic rings. The molecular formula is C24H27N3O3S. The van der Waals surface area contributed by atoms with Crippen molar-refractivity contribution < 1.29 is 13.2 Å². The van der Waals surface area contributed by atoms with Gasteiger partial charge in [0.05, 0.1) is 10.9 Å². The molecule has 3 aromatic rings. The van der Waals surface area contributed by atoms with Crippen LogP contribution in [0.4, 0.5) is 0 Å². The summed E-state index contributed by atoms with van der Waals surface area (Å²) in [7, 11) is -0.551. The fourth-order valence-corrected chi connectivity index (χ4v) is 5.21. The Balaban J connectivity index is 1.72. The molecule has 0 fully saturated rings. The average molecular weight is 438 g/mol. The Kier molecular flexibility index (Phi) is 5.73. The van der Waals surface area contributed by atoms with E-state index in [1.165, 1.54) is 29.5 Å². The number of fused-ring (bicyclic) bond motifs is 2. The molecule has 162 valence electrons. The third-order valence-corrected chi connectivity index (χ3v) is 7.68. The summed E-state index contributed by atoms with van der Waals surface area (Å²) >= 11 is 0. The zero-order valence-corrected chi connectivity index (χ0v) is 18.7. The van der Waals surface area contributed by atoms with Gasteiger partial charge in [-0.2, -0.15) is 0 Å². The number of hydrogen-bond donors (Lipinski definition) is 1. The highest BCUT2D eigenvalue weighted by molar-refractivity contribution is 7.89. The van der Waals surface area contributed by atoms with E-state index in [-0.39, 0.29) is 16.8 Å². The highest BCUT2D eigenvalue weighted by Gasteiger charge is 2.25. The first-order valence-electron chi connectivity index (χ1n) is 10.4. The number of amides is 1. The van der Waals surface area contributed by atoms with Gasteiger partial charge in [-0.15, -0.1) is 6.58 Å². The van der Waals surface area contributed by atoms with E-state index in [0.29, 0.717) is 17.6 Å². The first kappa shape index (κ1) is 21.3. The maximum absolute atomic E-state index is 13.3. The molecule has 4 rings (SSSR count). The van der Waals surface area contributed by atoms with E-state index in [1.807, 2.05) is 16.7 Å². The predicted molar refractivity (Wildman–Crippen MR) is 123 cm³/mol. The molecule has 1 atom stereocenters. The smallest absolute Gasteiger partial charge is 0.268 e. The van der Waals surface area contributed by atoms with Crippen molar-refractivity contribution in [2.45, 2.75) is 36.7 Å². The van der Waals surface area contributed by atoms with Gasteiger partial charge >= 0.3 is 0 Å². The zero-order valence-electron chi connectivity index (χ0n) is 17.8. The molecule has 0 unspecified atom stereocenters. The van der Waals surface area contributed by atoms with Crippen molar-refractivity contribution in [2.75, 3.05) is 14.1 Å². The van der Waals surface area contributed by atoms with Crippen LogP contribution in [0.2, 0.25) is 0 Å². The van der Waals surface area contributed by atoms with Crippen molar-refractivity contribution in [3.8, 4) is 0 Å². The summed E-state index contributed by atoms with van der Waals surface area (Å²) in [5.74, 6) is -0.170. The maximum Gasteiger partial charge on any atom is 0.268 e. The Labute approximate surface area is 183 Å². The number of nitrogens with one attached hydrogen (secondary N) is 1. The van der Waals surface area contributed by atoms with Gasteiger partial charge in [-0.05, 0) is 54.7 Å². The number of sulfonamides is 1. The van der Waals surface area contributed by atoms with Gasteiger partial charge in [-0.1, -0.05) is 30.3 Å². The van der Waals surface area contributed by atoms with Crippen molar-refractivity contribution >= 4 is 26.8 Å². The molecule has 0 bridgehead atoms. The lowest BCUT2D eigenvalue weighted by Crippen LogP contribution is -2.32.